The molecule has 2 amide bonds. The van der Waals surface area contributed by atoms with Gasteiger partial charge in [-0.05, 0) is 74.4 Å². The largest absolute Gasteiger partial charge is 0.430 e. The standard InChI is InChI=1S/C26H29F6N3O2/c27-25(28,29)24(37,26(30,31)32)20-5-1-19(2-6-20)16-35-13-11-18(12-14-35)15-17-3-7-21(8-4-17)33-23(36)34-22-9-10-22/h1-8,18,22,37H,9-16H2,(H2,33,34,36). The third-order valence-electron chi connectivity index (χ3n) is 6.95. The van der Waals surface area contributed by atoms with E-state index in [1.54, 1.807) is 0 Å². The lowest BCUT2D eigenvalue weighted by Crippen LogP contribution is -2.53. The van der Waals surface area contributed by atoms with Gasteiger partial charge in [0.2, 0.25) is 0 Å². The first kappa shape index (κ1) is 27.3. The molecule has 2 aromatic rings. The summed E-state index contributed by atoms with van der Waals surface area (Å²) in [6.45, 7) is 1.90. The molecule has 2 aliphatic rings. The predicted octanol–water partition coefficient (Wildman–Crippen LogP) is 5.74. The van der Waals surface area contributed by atoms with E-state index in [1.807, 2.05) is 24.3 Å². The number of nitrogens with one attached hydrogen (secondary N) is 2. The Hall–Kier alpha value is -2.79. The molecule has 0 unspecified atom stereocenters. The van der Waals surface area contributed by atoms with Crippen molar-refractivity contribution >= 4 is 11.7 Å². The maximum atomic E-state index is 13.1. The fourth-order valence-electron chi connectivity index (χ4n) is 4.58. The molecule has 1 aliphatic heterocycles. The Balaban J connectivity index is 1.26. The summed E-state index contributed by atoms with van der Waals surface area (Å²) in [6, 6.07) is 11.6. The van der Waals surface area contributed by atoms with E-state index >= 15 is 0 Å². The lowest BCUT2D eigenvalue weighted by molar-refractivity contribution is -0.376. The summed E-state index contributed by atoms with van der Waals surface area (Å²) in [5.74, 6) is 0.448. The highest BCUT2D eigenvalue weighted by atomic mass is 19.4. The Kier molecular flexibility index (Phi) is 7.75. The quantitative estimate of drug-likeness (QED) is 0.401. The second kappa shape index (κ2) is 10.5. The number of rotatable bonds is 7. The summed E-state index contributed by atoms with van der Waals surface area (Å²) < 4.78 is 78.4. The molecule has 5 nitrogen and oxygen atoms in total. The number of piperidine rings is 1. The van der Waals surface area contributed by atoms with Crippen LogP contribution in [0.15, 0.2) is 48.5 Å². The zero-order valence-corrected chi connectivity index (χ0v) is 20.0. The number of carbonyl (C=O) groups is 1. The topological polar surface area (TPSA) is 64.6 Å². The maximum Gasteiger partial charge on any atom is 0.430 e. The molecule has 202 valence electrons. The highest BCUT2D eigenvalue weighted by Crippen LogP contribution is 2.50. The fraction of sp³-hybridized carbons (Fsp3) is 0.500. The van der Waals surface area contributed by atoms with Gasteiger partial charge in [0.25, 0.3) is 5.60 Å². The molecule has 0 atom stereocenters. The van der Waals surface area contributed by atoms with E-state index in [2.05, 4.69) is 15.5 Å². The summed E-state index contributed by atoms with van der Waals surface area (Å²) >= 11 is 0. The minimum Gasteiger partial charge on any atom is -0.369 e. The van der Waals surface area contributed by atoms with Gasteiger partial charge in [-0.25, -0.2) is 4.79 Å². The van der Waals surface area contributed by atoms with Crippen molar-refractivity contribution in [1.82, 2.24) is 10.2 Å². The summed E-state index contributed by atoms with van der Waals surface area (Å²) in [5, 5.41) is 15.2. The van der Waals surface area contributed by atoms with Crippen LogP contribution in [0.4, 0.5) is 36.8 Å². The Morgan fingerprint density at radius 3 is 1.89 bits per heavy atom. The highest BCUT2D eigenvalue weighted by Gasteiger charge is 2.71. The normalized spacial score (nSPS) is 18.0. The van der Waals surface area contributed by atoms with Crippen LogP contribution in [0.5, 0.6) is 0 Å². The first-order valence-corrected chi connectivity index (χ1v) is 12.2. The van der Waals surface area contributed by atoms with Crippen molar-refractivity contribution in [2.75, 3.05) is 18.4 Å². The molecule has 0 bridgehead atoms. The van der Waals surface area contributed by atoms with Gasteiger partial charge in [-0.3, -0.25) is 4.90 Å². The first-order chi connectivity index (χ1) is 17.3. The van der Waals surface area contributed by atoms with Crippen molar-refractivity contribution < 1.29 is 36.2 Å². The van der Waals surface area contributed by atoms with Crippen LogP contribution in [-0.2, 0) is 18.6 Å². The average Bonchev–Trinajstić information content (AvgIpc) is 3.64. The summed E-state index contributed by atoms with van der Waals surface area (Å²) in [4.78, 5) is 13.9. The van der Waals surface area contributed by atoms with Crippen LogP contribution in [0.2, 0.25) is 0 Å². The molecule has 3 N–H and O–H groups in total. The number of aliphatic hydroxyl groups is 1. The predicted molar refractivity (Wildman–Crippen MR) is 126 cm³/mol. The lowest BCUT2D eigenvalue weighted by Gasteiger charge is -2.33. The summed E-state index contributed by atoms with van der Waals surface area (Å²) in [7, 11) is 0. The molecule has 0 radical (unpaired) electrons. The van der Waals surface area contributed by atoms with Gasteiger partial charge in [-0.15, -0.1) is 0 Å². The molecule has 0 aromatic heterocycles. The van der Waals surface area contributed by atoms with Gasteiger partial charge in [0.15, 0.2) is 0 Å². The minimum absolute atomic E-state index is 0.200. The summed E-state index contributed by atoms with van der Waals surface area (Å²) in [5.41, 5.74) is -3.70. The molecular formula is C26H29F6N3O2. The van der Waals surface area contributed by atoms with Gasteiger partial charge in [-0.1, -0.05) is 36.4 Å². The van der Waals surface area contributed by atoms with E-state index in [0.29, 0.717) is 30.2 Å². The number of anilines is 1. The number of hydrogen-bond donors (Lipinski definition) is 3. The second-order valence-electron chi connectivity index (χ2n) is 9.90. The van der Waals surface area contributed by atoms with E-state index in [1.165, 1.54) is 12.1 Å². The van der Waals surface area contributed by atoms with Gasteiger partial charge in [-0.2, -0.15) is 26.3 Å². The van der Waals surface area contributed by atoms with Crippen LogP contribution in [0, 0.1) is 5.92 Å². The van der Waals surface area contributed by atoms with Crippen molar-refractivity contribution in [3.05, 3.63) is 65.2 Å². The molecule has 2 aromatic carbocycles. The summed E-state index contributed by atoms with van der Waals surface area (Å²) in [6.07, 6.45) is -7.05. The van der Waals surface area contributed by atoms with Gasteiger partial charge in [0, 0.05) is 23.8 Å². The Morgan fingerprint density at radius 2 is 1.38 bits per heavy atom. The van der Waals surface area contributed by atoms with Crippen molar-refractivity contribution in [3.63, 3.8) is 0 Å². The van der Waals surface area contributed by atoms with Crippen molar-refractivity contribution in [2.24, 2.45) is 5.92 Å². The number of benzene rings is 2. The SMILES string of the molecule is O=C(Nc1ccc(CC2CCN(Cc3ccc(C(O)(C(F)(F)F)C(F)(F)F)cc3)CC2)cc1)NC1CC1. The maximum absolute atomic E-state index is 13.1. The van der Waals surface area contributed by atoms with Crippen LogP contribution in [0.1, 0.15) is 42.4 Å². The van der Waals surface area contributed by atoms with Crippen molar-refractivity contribution in [2.45, 2.75) is 62.6 Å². The second-order valence-corrected chi connectivity index (χ2v) is 9.90. The number of hydrogen-bond acceptors (Lipinski definition) is 3. The lowest BCUT2D eigenvalue weighted by atomic mass is 9.89. The first-order valence-electron chi connectivity index (χ1n) is 12.2. The number of carbonyl (C=O) groups excluding carboxylic acids is 1. The van der Waals surface area contributed by atoms with Gasteiger partial charge in [0.1, 0.15) is 0 Å². The van der Waals surface area contributed by atoms with Crippen LogP contribution in [0.25, 0.3) is 0 Å². The van der Waals surface area contributed by atoms with Gasteiger partial charge in [0.05, 0.1) is 0 Å². The molecule has 1 aliphatic carbocycles. The van der Waals surface area contributed by atoms with E-state index < -0.39 is 23.5 Å². The molecule has 1 saturated heterocycles. The Bertz CT molecular complexity index is 1040. The molecule has 11 heteroatoms. The van der Waals surface area contributed by atoms with Gasteiger partial charge < -0.3 is 15.7 Å². The van der Waals surface area contributed by atoms with E-state index in [4.69, 9.17) is 0 Å². The van der Waals surface area contributed by atoms with Crippen LogP contribution in [-0.4, -0.2) is 47.5 Å². The van der Waals surface area contributed by atoms with Crippen molar-refractivity contribution in [1.29, 1.82) is 0 Å². The third kappa shape index (κ3) is 6.56. The number of alkyl halides is 6. The molecule has 2 fully saturated rings. The number of nitrogens with zero attached hydrogens (tertiary/aromatic N) is 1. The van der Waals surface area contributed by atoms with Crippen LogP contribution < -0.4 is 10.6 Å². The smallest absolute Gasteiger partial charge is 0.369 e. The Labute approximate surface area is 210 Å². The van der Waals surface area contributed by atoms with E-state index in [9.17, 15) is 36.2 Å². The molecule has 4 rings (SSSR count). The molecule has 0 spiro atoms. The van der Waals surface area contributed by atoms with Crippen LogP contribution in [0.3, 0.4) is 0 Å². The average molecular weight is 530 g/mol. The van der Waals surface area contributed by atoms with Crippen LogP contribution >= 0.6 is 0 Å². The zero-order valence-electron chi connectivity index (χ0n) is 20.0. The number of amides is 2. The highest BCUT2D eigenvalue weighted by molar-refractivity contribution is 5.89. The molecule has 1 saturated carbocycles. The molecule has 37 heavy (non-hydrogen) atoms. The van der Waals surface area contributed by atoms with Gasteiger partial charge >= 0.3 is 18.4 Å². The van der Waals surface area contributed by atoms with E-state index in [-0.39, 0.29) is 12.1 Å². The Morgan fingerprint density at radius 1 is 0.838 bits per heavy atom. The van der Waals surface area contributed by atoms with Crippen molar-refractivity contribution in [3.8, 4) is 0 Å². The number of halogens is 6. The number of likely N-dealkylation sites (tertiary alicyclic amines) is 1. The third-order valence-corrected chi connectivity index (χ3v) is 6.95. The molecular weight excluding hydrogens is 500 g/mol. The number of urea groups is 1. The zero-order chi connectivity index (χ0) is 26.8. The van der Waals surface area contributed by atoms with E-state index in [0.717, 1.165) is 56.4 Å². The monoisotopic (exact) mass is 529 g/mol. The minimum atomic E-state index is -5.89. The fourth-order valence-corrected chi connectivity index (χ4v) is 4.58. The molecule has 1 heterocycles.